The van der Waals surface area contributed by atoms with Gasteiger partial charge in [0.05, 0.1) is 0 Å². The lowest BCUT2D eigenvalue weighted by Gasteiger charge is -2.46. The van der Waals surface area contributed by atoms with Gasteiger partial charge in [-0.1, -0.05) is 34.6 Å². The molecule has 0 spiro atoms. The summed E-state index contributed by atoms with van der Waals surface area (Å²) in [7, 11) is 3.64. The number of nitrogens with one attached hydrogen (secondary N) is 2. The third-order valence-corrected chi connectivity index (χ3v) is 5.59. The highest BCUT2D eigenvalue weighted by atomic mass is 16.5. The van der Waals surface area contributed by atoms with Crippen LogP contribution in [0.2, 0.25) is 0 Å². The van der Waals surface area contributed by atoms with Crippen LogP contribution in [0.25, 0.3) is 0 Å². The van der Waals surface area contributed by atoms with Crippen molar-refractivity contribution in [2.75, 3.05) is 27.2 Å². The molecule has 1 aliphatic rings. The third-order valence-electron chi connectivity index (χ3n) is 5.59. The number of likely N-dealkylation sites (N-methyl/N-ethyl adjacent to an activating group) is 1. The molecule has 29 heavy (non-hydrogen) atoms. The van der Waals surface area contributed by atoms with E-state index in [9.17, 15) is 14.4 Å². The number of carbonyl (C=O) groups excluding carboxylic acids is 3. The molecular weight excluding hydrogens is 372 g/mol. The van der Waals surface area contributed by atoms with Crippen LogP contribution in [0, 0.1) is 17.3 Å². The van der Waals surface area contributed by atoms with E-state index in [1.165, 1.54) is 0 Å². The van der Waals surface area contributed by atoms with Gasteiger partial charge in [-0.25, -0.2) is 5.48 Å². The van der Waals surface area contributed by atoms with Crippen molar-refractivity contribution >= 4 is 17.7 Å². The predicted octanol–water partition coefficient (Wildman–Crippen LogP) is 1.63. The van der Waals surface area contributed by atoms with Gasteiger partial charge in [-0.2, -0.15) is 0 Å². The first kappa shape index (κ1) is 25.4. The topological polar surface area (TPSA) is 102 Å². The predicted molar refractivity (Wildman–Crippen MR) is 112 cm³/mol. The van der Waals surface area contributed by atoms with Crippen molar-refractivity contribution in [2.24, 2.45) is 17.3 Å². The molecule has 1 rings (SSSR count). The van der Waals surface area contributed by atoms with Crippen LogP contribution in [-0.2, 0) is 14.4 Å². The van der Waals surface area contributed by atoms with Crippen LogP contribution in [-0.4, -0.2) is 72.0 Å². The zero-order chi connectivity index (χ0) is 22.4. The number of carbonyl (C=O) groups is 3. The molecule has 0 aromatic carbocycles. The van der Waals surface area contributed by atoms with Gasteiger partial charge in [-0.15, -0.1) is 0 Å². The van der Waals surface area contributed by atoms with Crippen LogP contribution in [0.15, 0.2) is 0 Å². The van der Waals surface area contributed by atoms with Crippen LogP contribution >= 0.6 is 0 Å². The van der Waals surface area contributed by atoms with Gasteiger partial charge >= 0.3 is 0 Å². The summed E-state index contributed by atoms with van der Waals surface area (Å²) in [5.41, 5.74) is 1.17. The second-order valence-electron chi connectivity index (χ2n) is 9.73. The Morgan fingerprint density at radius 2 is 1.72 bits per heavy atom. The van der Waals surface area contributed by atoms with E-state index in [1.807, 2.05) is 34.6 Å². The lowest BCUT2D eigenvalue weighted by atomic mass is 9.81. The van der Waals surface area contributed by atoms with Crippen LogP contribution in [0.3, 0.4) is 0 Å². The van der Waals surface area contributed by atoms with E-state index in [0.717, 1.165) is 25.9 Å². The summed E-state index contributed by atoms with van der Waals surface area (Å²) in [6.07, 6.45) is 1.99. The molecule has 0 bridgehead atoms. The van der Waals surface area contributed by atoms with Gasteiger partial charge in [0.15, 0.2) is 0 Å². The highest BCUT2D eigenvalue weighted by Crippen LogP contribution is 2.32. The third kappa shape index (κ3) is 7.26. The highest BCUT2D eigenvalue weighted by molar-refractivity contribution is 5.91. The number of hydrogen-bond acceptors (Lipinski definition) is 5. The summed E-state index contributed by atoms with van der Waals surface area (Å²) in [5.74, 6) is -1.35. The van der Waals surface area contributed by atoms with Gasteiger partial charge < -0.3 is 15.1 Å². The van der Waals surface area contributed by atoms with Gasteiger partial charge in [0.25, 0.3) is 0 Å². The Kier molecular flexibility index (Phi) is 9.55. The average Bonchev–Trinajstić information content (AvgIpc) is 2.63. The number of rotatable bonds is 8. The zero-order valence-corrected chi connectivity index (χ0v) is 19.1. The second kappa shape index (κ2) is 10.9. The number of amides is 3. The van der Waals surface area contributed by atoms with Gasteiger partial charge in [0.1, 0.15) is 6.04 Å². The van der Waals surface area contributed by atoms with E-state index in [4.69, 9.17) is 5.21 Å². The molecule has 0 radical (unpaired) electrons. The summed E-state index contributed by atoms with van der Waals surface area (Å²) in [6, 6.07) is -0.702. The summed E-state index contributed by atoms with van der Waals surface area (Å²) in [4.78, 5) is 42.6. The van der Waals surface area contributed by atoms with E-state index in [-0.39, 0.29) is 30.2 Å². The highest BCUT2D eigenvalue weighted by Gasteiger charge is 2.44. The minimum Gasteiger partial charge on any atom is -0.357 e. The van der Waals surface area contributed by atoms with Crippen molar-refractivity contribution < 1.29 is 19.6 Å². The Morgan fingerprint density at radius 3 is 2.14 bits per heavy atom. The molecule has 1 fully saturated rings. The maximum Gasteiger partial charge on any atom is 0.244 e. The molecule has 3 amide bonds. The fourth-order valence-electron chi connectivity index (χ4n) is 4.19. The summed E-state index contributed by atoms with van der Waals surface area (Å²) >= 11 is 0. The molecule has 3 N–H and O–H groups in total. The van der Waals surface area contributed by atoms with E-state index in [2.05, 4.69) is 17.3 Å². The molecule has 1 aliphatic heterocycles. The van der Waals surface area contributed by atoms with Crippen LogP contribution in [0.4, 0.5) is 0 Å². The number of likely N-dealkylation sites (tertiary alicyclic amines) is 1. The number of nitrogens with zero attached hydrogens (tertiary/aromatic N) is 2. The molecule has 0 saturated carbocycles. The van der Waals surface area contributed by atoms with Crippen molar-refractivity contribution in [3.63, 3.8) is 0 Å². The lowest BCUT2D eigenvalue weighted by Crippen LogP contribution is -2.61. The van der Waals surface area contributed by atoms with Crippen molar-refractivity contribution in [3.05, 3.63) is 0 Å². The molecule has 0 aliphatic carbocycles. The van der Waals surface area contributed by atoms with Gasteiger partial charge in [0.2, 0.25) is 17.7 Å². The largest absolute Gasteiger partial charge is 0.357 e. The number of hydrogen-bond donors (Lipinski definition) is 3. The molecule has 8 heteroatoms. The molecule has 0 aromatic rings. The molecule has 1 heterocycles. The quantitative estimate of drug-likeness (QED) is 0.415. The monoisotopic (exact) mass is 412 g/mol. The summed E-state index contributed by atoms with van der Waals surface area (Å²) in [5, 5.41) is 11.7. The first-order valence-electron chi connectivity index (χ1n) is 10.6. The van der Waals surface area contributed by atoms with Crippen LogP contribution in [0.5, 0.6) is 0 Å². The molecule has 2 atom stereocenters. The maximum atomic E-state index is 13.8. The van der Waals surface area contributed by atoms with E-state index in [0.29, 0.717) is 6.42 Å². The number of piperidine rings is 1. The van der Waals surface area contributed by atoms with E-state index >= 15 is 0 Å². The minimum absolute atomic E-state index is 0.0629. The summed E-state index contributed by atoms with van der Waals surface area (Å²) < 4.78 is 0. The number of hydroxylamine groups is 1. The SMILES string of the molecule is CNC(=O)C(N(C(=O)[C@@H](CC(=O)NO)CC(C)C)C1CCN(C)CC1)C(C)(C)C. The van der Waals surface area contributed by atoms with Gasteiger partial charge in [-0.05, 0) is 50.7 Å². The maximum absolute atomic E-state index is 13.8. The fourth-order valence-corrected chi connectivity index (χ4v) is 4.19. The zero-order valence-electron chi connectivity index (χ0n) is 19.1. The fraction of sp³-hybridized carbons (Fsp3) is 0.857. The Labute approximate surface area is 175 Å². The van der Waals surface area contributed by atoms with E-state index < -0.39 is 23.3 Å². The molecule has 168 valence electrons. The Hall–Kier alpha value is -1.67. The minimum atomic E-state index is -0.639. The molecule has 8 nitrogen and oxygen atoms in total. The summed E-state index contributed by atoms with van der Waals surface area (Å²) in [6.45, 7) is 11.6. The smallest absolute Gasteiger partial charge is 0.244 e. The Morgan fingerprint density at radius 1 is 1.17 bits per heavy atom. The molecule has 0 aromatic heterocycles. The van der Waals surface area contributed by atoms with Gasteiger partial charge in [-0.3, -0.25) is 19.6 Å². The Bertz CT molecular complexity index is 566. The van der Waals surface area contributed by atoms with Crippen LogP contribution in [0.1, 0.15) is 60.3 Å². The van der Waals surface area contributed by atoms with Crippen molar-refractivity contribution in [3.8, 4) is 0 Å². The van der Waals surface area contributed by atoms with Crippen molar-refractivity contribution in [2.45, 2.75) is 72.4 Å². The van der Waals surface area contributed by atoms with Crippen molar-refractivity contribution in [1.29, 1.82) is 0 Å². The Balaban J connectivity index is 3.36. The standard InChI is InChI=1S/C21H40N4O4/c1-14(2)12-15(13-17(26)23-29)20(28)25(16-8-10-24(7)11-9-16)18(19(27)22-6)21(3,4)5/h14-16,18,29H,8-13H2,1-7H3,(H,22,27)(H,23,26)/t15-,18?/m1/s1. The first-order valence-corrected chi connectivity index (χ1v) is 10.6. The molecule has 1 unspecified atom stereocenters. The normalized spacial score (nSPS) is 18.2. The van der Waals surface area contributed by atoms with E-state index in [1.54, 1.807) is 17.4 Å². The van der Waals surface area contributed by atoms with Gasteiger partial charge in [0, 0.05) is 25.4 Å². The van der Waals surface area contributed by atoms with Crippen molar-refractivity contribution in [1.82, 2.24) is 20.6 Å². The average molecular weight is 413 g/mol. The lowest BCUT2D eigenvalue weighted by molar-refractivity contribution is -0.154. The second-order valence-corrected chi connectivity index (χ2v) is 9.73. The molecular formula is C21H40N4O4. The molecule has 1 saturated heterocycles. The first-order chi connectivity index (χ1) is 13.4. The van der Waals surface area contributed by atoms with Crippen LogP contribution < -0.4 is 10.8 Å².